The number of carbonyl (C=O) groups is 2. The molecule has 2 rings (SSSR count). The van der Waals surface area contributed by atoms with Crippen molar-refractivity contribution in [2.45, 2.75) is 12.7 Å². The molecule has 24 heavy (non-hydrogen) atoms. The number of hydrogen-bond donors (Lipinski definition) is 1. The van der Waals surface area contributed by atoms with Crippen LogP contribution in [0.15, 0.2) is 48.5 Å². The summed E-state index contributed by atoms with van der Waals surface area (Å²) < 4.78 is 4.97. The summed E-state index contributed by atoms with van der Waals surface area (Å²) in [5.41, 5.74) is 3.08. The van der Waals surface area contributed by atoms with Gasteiger partial charge in [0, 0.05) is 11.4 Å². The molecule has 0 aliphatic carbocycles. The van der Waals surface area contributed by atoms with E-state index >= 15 is 0 Å². The number of aryl methyl sites for hydroxylation is 1. The van der Waals surface area contributed by atoms with Gasteiger partial charge >= 0.3 is 0 Å². The van der Waals surface area contributed by atoms with Crippen LogP contribution in [0.25, 0.3) is 0 Å². The number of anilines is 1. The minimum atomic E-state index is -1.28. The summed E-state index contributed by atoms with van der Waals surface area (Å²) in [6, 6.07) is 14.6. The molecule has 0 heterocycles. The number of carboxylic acids is 1. The van der Waals surface area contributed by atoms with Crippen LogP contribution in [0.2, 0.25) is 0 Å². The van der Waals surface area contributed by atoms with Crippen molar-refractivity contribution in [3.63, 3.8) is 0 Å². The van der Waals surface area contributed by atoms with Gasteiger partial charge in [0.15, 0.2) is 0 Å². The minimum absolute atomic E-state index is 0.0861. The molecule has 5 nitrogen and oxygen atoms in total. The molecule has 2 aromatic rings. The average molecular weight is 344 g/mol. The van der Waals surface area contributed by atoms with Gasteiger partial charge in [0.1, 0.15) is 12.4 Å². The smallest absolute Gasteiger partial charge is 0.234 e. The van der Waals surface area contributed by atoms with E-state index in [4.69, 9.17) is 4.74 Å². The third-order valence-electron chi connectivity index (χ3n) is 3.25. The maximum absolute atomic E-state index is 11.9. The molecule has 2 aromatic carbocycles. The number of carboxylic acid groups (broad SMARTS) is 1. The number of hydrogen-bond acceptors (Lipinski definition) is 5. The van der Waals surface area contributed by atoms with Crippen LogP contribution in [0.1, 0.15) is 11.1 Å². The lowest BCUT2D eigenvalue weighted by Crippen LogP contribution is -2.28. The second kappa shape index (κ2) is 8.98. The fourth-order valence-electron chi connectivity index (χ4n) is 2.00. The predicted molar refractivity (Wildman–Crippen MR) is 92.9 cm³/mol. The molecule has 0 radical (unpaired) electrons. The molecule has 126 valence electrons. The van der Waals surface area contributed by atoms with Gasteiger partial charge in [-0.1, -0.05) is 24.3 Å². The highest BCUT2D eigenvalue weighted by molar-refractivity contribution is 7.99. The number of amides is 1. The Balaban J connectivity index is 1.76. The second-order valence-electron chi connectivity index (χ2n) is 5.15. The van der Waals surface area contributed by atoms with Gasteiger partial charge in [0.25, 0.3) is 0 Å². The quantitative estimate of drug-likeness (QED) is 0.792. The van der Waals surface area contributed by atoms with Gasteiger partial charge in [0.2, 0.25) is 5.91 Å². The zero-order valence-corrected chi connectivity index (χ0v) is 14.1. The monoisotopic (exact) mass is 344 g/mol. The van der Waals surface area contributed by atoms with Gasteiger partial charge in [-0.15, -0.1) is 11.8 Å². The Morgan fingerprint density at radius 1 is 1.12 bits per heavy atom. The standard InChI is InChI=1S/C18H19NO4S/c1-13-4-2-3-5-14(13)11-24-12-17(20)19-15-6-8-16(9-7-15)23-10-18(21)22/h2-9H,10-12H2,1H3,(H,19,20)(H,21,22)/p-1. The van der Waals surface area contributed by atoms with Crippen molar-refractivity contribution in [3.8, 4) is 5.75 Å². The molecule has 0 saturated heterocycles. The summed E-state index contributed by atoms with van der Waals surface area (Å²) in [5.74, 6) is 0.189. The topological polar surface area (TPSA) is 78.5 Å². The zero-order valence-electron chi connectivity index (χ0n) is 13.3. The number of thioether (sulfide) groups is 1. The first-order valence-corrected chi connectivity index (χ1v) is 8.55. The molecule has 0 aliphatic rings. The van der Waals surface area contributed by atoms with Crippen molar-refractivity contribution in [2.24, 2.45) is 0 Å². The van der Waals surface area contributed by atoms with E-state index in [9.17, 15) is 14.7 Å². The fraction of sp³-hybridized carbons (Fsp3) is 0.222. The minimum Gasteiger partial charge on any atom is -0.546 e. The Labute approximate surface area is 145 Å². The molecule has 0 unspecified atom stereocenters. The van der Waals surface area contributed by atoms with Crippen LogP contribution < -0.4 is 15.2 Å². The fourth-order valence-corrected chi connectivity index (χ4v) is 2.90. The van der Waals surface area contributed by atoms with Crippen molar-refractivity contribution in [2.75, 3.05) is 17.7 Å². The van der Waals surface area contributed by atoms with Gasteiger partial charge in [0.05, 0.1) is 11.7 Å². The maximum Gasteiger partial charge on any atom is 0.234 e. The summed E-state index contributed by atoms with van der Waals surface area (Å²) in [4.78, 5) is 22.3. The lowest BCUT2D eigenvalue weighted by molar-refractivity contribution is -0.307. The van der Waals surface area contributed by atoms with Crippen molar-refractivity contribution >= 4 is 29.3 Å². The summed E-state index contributed by atoms with van der Waals surface area (Å²) in [6.07, 6.45) is 0. The van der Waals surface area contributed by atoms with E-state index in [0.29, 0.717) is 17.2 Å². The lowest BCUT2D eigenvalue weighted by atomic mass is 10.1. The van der Waals surface area contributed by atoms with Gasteiger partial charge in [-0.2, -0.15) is 0 Å². The number of benzene rings is 2. The van der Waals surface area contributed by atoms with Crippen LogP contribution in [-0.2, 0) is 15.3 Å². The highest BCUT2D eigenvalue weighted by Gasteiger charge is 2.04. The Kier molecular flexibility index (Phi) is 6.69. The molecule has 0 fully saturated rings. The highest BCUT2D eigenvalue weighted by atomic mass is 32.2. The molecule has 0 atom stereocenters. The first kappa shape index (κ1) is 17.9. The van der Waals surface area contributed by atoms with Crippen molar-refractivity contribution in [1.82, 2.24) is 0 Å². The Morgan fingerprint density at radius 2 is 1.83 bits per heavy atom. The first-order chi connectivity index (χ1) is 11.5. The van der Waals surface area contributed by atoms with Crippen LogP contribution in [0.3, 0.4) is 0 Å². The average Bonchev–Trinajstić information content (AvgIpc) is 2.56. The van der Waals surface area contributed by atoms with Gasteiger partial charge in [-0.25, -0.2) is 0 Å². The maximum atomic E-state index is 11.9. The van der Waals surface area contributed by atoms with E-state index in [1.807, 2.05) is 12.1 Å². The Hall–Kier alpha value is -2.47. The Morgan fingerprint density at radius 3 is 2.50 bits per heavy atom. The van der Waals surface area contributed by atoms with E-state index in [-0.39, 0.29) is 5.91 Å². The molecule has 1 amide bonds. The molecule has 0 bridgehead atoms. The van der Waals surface area contributed by atoms with Crippen molar-refractivity contribution in [1.29, 1.82) is 0 Å². The van der Waals surface area contributed by atoms with E-state index in [1.54, 1.807) is 36.0 Å². The van der Waals surface area contributed by atoms with Crippen molar-refractivity contribution in [3.05, 3.63) is 59.7 Å². The summed E-state index contributed by atoms with van der Waals surface area (Å²) in [6.45, 7) is 1.56. The largest absolute Gasteiger partial charge is 0.546 e. The zero-order chi connectivity index (χ0) is 17.4. The second-order valence-corrected chi connectivity index (χ2v) is 6.14. The van der Waals surface area contributed by atoms with E-state index in [0.717, 1.165) is 5.75 Å². The molecule has 1 N–H and O–H groups in total. The molecule has 6 heteroatoms. The first-order valence-electron chi connectivity index (χ1n) is 7.39. The molecule has 0 aromatic heterocycles. The van der Waals surface area contributed by atoms with Crippen LogP contribution in [0.5, 0.6) is 5.75 Å². The summed E-state index contributed by atoms with van der Waals surface area (Å²) in [5, 5.41) is 13.1. The van der Waals surface area contributed by atoms with E-state index in [1.165, 1.54) is 11.1 Å². The van der Waals surface area contributed by atoms with Gasteiger partial charge in [-0.05, 0) is 42.3 Å². The van der Waals surface area contributed by atoms with E-state index < -0.39 is 12.6 Å². The molecular formula is C18H18NO4S-. The van der Waals surface area contributed by atoms with Crippen LogP contribution in [0, 0.1) is 6.92 Å². The lowest BCUT2D eigenvalue weighted by Gasteiger charge is -2.09. The number of nitrogens with one attached hydrogen (secondary N) is 1. The number of carbonyl (C=O) groups excluding carboxylic acids is 2. The normalized spacial score (nSPS) is 10.2. The highest BCUT2D eigenvalue weighted by Crippen LogP contribution is 2.18. The summed E-state index contributed by atoms with van der Waals surface area (Å²) in [7, 11) is 0. The SMILES string of the molecule is Cc1ccccc1CSCC(=O)Nc1ccc(OCC(=O)[O-])cc1. The number of ether oxygens (including phenoxy) is 1. The van der Waals surface area contributed by atoms with Gasteiger partial charge in [-0.3, -0.25) is 4.79 Å². The Bertz CT molecular complexity index is 700. The van der Waals surface area contributed by atoms with Gasteiger partial charge < -0.3 is 20.0 Å². The molecule has 0 aliphatic heterocycles. The number of aliphatic carboxylic acids is 1. The molecular weight excluding hydrogens is 326 g/mol. The third-order valence-corrected chi connectivity index (χ3v) is 4.23. The van der Waals surface area contributed by atoms with Crippen LogP contribution in [-0.4, -0.2) is 24.2 Å². The van der Waals surface area contributed by atoms with Crippen LogP contribution in [0.4, 0.5) is 5.69 Å². The third kappa shape index (κ3) is 5.96. The molecule has 0 spiro atoms. The number of rotatable bonds is 8. The van der Waals surface area contributed by atoms with Crippen LogP contribution >= 0.6 is 11.8 Å². The summed E-state index contributed by atoms with van der Waals surface area (Å²) >= 11 is 1.55. The predicted octanol–water partition coefficient (Wildman–Crippen LogP) is 2.00. The van der Waals surface area contributed by atoms with E-state index in [2.05, 4.69) is 24.4 Å². The molecule has 0 saturated carbocycles. The van der Waals surface area contributed by atoms with Crippen molar-refractivity contribution < 1.29 is 19.4 Å².